The molecule has 0 atom stereocenters. The number of nitrogens with one attached hydrogen (secondary N) is 1. The van der Waals surface area contributed by atoms with Gasteiger partial charge in [0.05, 0.1) is 15.5 Å². The fourth-order valence-electron chi connectivity index (χ4n) is 2.01. The molecule has 4 nitrogen and oxygen atoms in total. The van der Waals surface area contributed by atoms with Gasteiger partial charge in [-0.1, -0.05) is 23.8 Å². The van der Waals surface area contributed by atoms with Gasteiger partial charge in [0.25, 0.3) is 10.0 Å². The summed E-state index contributed by atoms with van der Waals surface area (Å²) in [6, 6.07) is 10.7. The van der Waals surface area contributed by atoms with Crippen LogP contribution in [-0.2, 0) is 10.0 Å². The molecule has 6 heteroatoms. The standard InChI is InChI=1S/C15H16N2O2S2/c1-11-4-8-13(9-5-11)21(18,19)17-16-15(12-6-7-12)14-3-2-10-20-14/h2-5,8-10,12,17H,6-7H2,1H3. The Labute approximate surface area is 128 Å². The molecule has 110 valence electrons. The van der Waals surface area contributed by atoms with Crippen molar-refractivity contribution in [3.05, 3.63) is 52.2 Å². The summed E-state index contributed by atoms with van der Waals surface area (Å²) in [4.78, 5) is 3.64. The van der Waals surface area contributed by atoms with Crippen molar-refractivity contribution in [3.8, 4) is 0 Å². The highest BCUT2D eigenvalue weighted by molar-refractivity contribution is 7.89. The van der Waals surface area contributed by atoms with Crippen molar-refractivity contribution in [2.24, 2.45) is 11.0 Å². The molecule has 1 aromatic heterocycles. The average Bonchev–Trinajstić information content (AvgIpc) is 3.14. The van der Waals surface area contributed by atoms with Crippen LogP contribution in [-0.4, -0.2) is 14.1 Å². The van der Waals surface area contributed by atoms with E-state index in [0.29, 0.717) is 5.92 Å². The van der Waals surface area contributed by atoms with Gasteiger partial charge in [-0.25, -0.2) is 0 Å². The molecule has 0 bridgehead atoms. The Hall–Kier alpha value is -1.66. The second kappa shape index (κ2) is 5.61. The van der Waals surface area contributed by atoms with E-state index < -0.39 is 10.0 Å². The van der Waals surface area contributed by atoms with Gasteiger partial charge in [-0.3, -0.25) is 0 Å². The summed E-state index contributed by atoms with van der Waals surface area (Å²) in [5, 5.41) is 6.16. The zero-order chi connectivity index (χ0) is 14.9. The number of rotatable bonds is 5. The van der Waals surface area contributed by atoms with Crippen molar-refractivity contribution in [1.29, 1.82) is 0 Å². The third-order valence-corrected chi connectivity index (χ3v) is 5.47. The monoisotopic (exact) mass is 320 g/mol. The lowest BCUT2D eigenvalue weighted by atomic mass is 10.2. The van der Waals surface area contributed by atoms with Crippen LogP contribution in [0.4, 0.5) is 0 Å². The lowest BCUT2D eigenvalue weighted by molar-refractivity contribution is 0.584. The summed E-state index contributed by atoms with van der Waals surface area (Å²) in [7, 11) is -3.60. The van der Waals surface area contributed by atoms with Gasteiger partial charge in [0.2, 0.25) is 0 Å². The van der Waals surface area contributed by atoms with Gasteiger partial charge in [-0.05, 0) is 43.3 Å². The zero-order valence-electron chi connectivity index (χ0n) is 11.6. The first kappa shape index (κ1) is 14.3. The highest BCUT2D eigenvalue weighted by Gasteiger charge is 2.30. The SMILES string of the molecule is Cc1ccc(S(=O)(=O)NN=C(c2cccs2)C2CC2)cc1. The highest BCUT2D eigenvalue weighted by atomic mass is 32.2. The lowest BCUT2D eigenvalue weighted by Crippen LogP contribution is -2.21. The predicted molar refractivity (Wildman–Crippen MR) is 85.1 cm³/mol. The van der Waals surface area contributed by atoms with Crippen LogP contribution in [0.5, 0.6) is 0 Å². The molecule has 1 N–H and O–H groups in total. The molecule has 1 saturated carbocycles. The van der Waals surface area contributed by atoms with Crippen LogP contribution in [0.15, 0.2) is 51.8 Å². The maximum Gasteiger partial charge on any atom is 0.276 e. The number of nitrogens with zero attached hydrogens (tertiary/aromatic N) is 1. The molecule has 0 saturated heterocycles. The number of hydrogen-bond donors (Lipinski definition) is 1. The molecule has 1 heterocycles. The van der Waals surface area contributed by atoms with Crippen LogP contribution in [0.1, 0.15) is 23.3 Å². The summed E-state index contributed by atoms with van der Waals surface area (Å²) in [6.07, 6.45) is 2.14. The molecule has 1 fully saturated rings. The minimum absolute atomic E-state index is 0.234. The van der Waals surface area contributed by atoms with Crippen LogP contribution in [0.2, 0.25) is 0 Å². The Morgan fingerprint density at radius 3 is 2.52 bits per heavy atom. The minimum Gasteiger partial charge on any atom is -0.200 e. The van der Waals surface area contributed by atoms with Gasteiger partial charge in [0, 0.05) is 5.92 Å². The number of sulfonamides is 1. The molecule has 1 aromatic carbocycles. The molecule has 0 aliphatic heterocycles. The van der Waals surface area contributed by atoms with E-state index in [-0.39, 0.29) is 4.90 Å². The van der Waals surface area contributed by atoms with Gasteiger partial charge in [0.15, 0.2) is 0 Å². The van der Waals surface area contributed by atoms with Crippen LogP contribution >= 0.6 is 11.3 Å². The maximum atomic E-state index is 12.2. The molecule has 0 unspecified atom stereocenters. The van der Waals surface area contributed by atoms with Crippen molar-refractivity contribution in [3.63, 3.8) is 0 Å². The second-order valence-electron chi connectivity index (χ2n) is 5.16. The summed E-state index contributed by atoms with van der Waals surface area (Å²) in [6.45, 7) is 1.92. The quantitative estimate of drug-likeness (QED) is 0.679. The van der Waals surface area contributed by atoms with Crippen LogP contribution in [0, 0.1) is 12.8 Å². The number of hydrazone groups is 1. The highest BCUT2D eigenvalue weighted by Crippen LogP contribution is 2.34. The van der Waals surface area contributed by atoms with E-state index >= 15 is 0 Å². The van der Waals surface area contributed by atoms with Gasteiger partial charge in [0.1, 0.15) is 0 Å². The van der Waals surface area contributed by atoms with E-state index in [1.165, 1.54) is 0 Å². The summed E-state index contributed by atoms with van der Waals surface area (Å²) in [5.41, 5.74) is 1.87. The van der Waals surface area contributed by atoms with E-state index in [4.69, 9.17) is 0 Å². The zero-order valence-corrected chi connectivity index (χ0v) is 13.2. The molecule has 0 spiro atoms. The third-order valence-electron chi connectivity index (χ3n) is 3.36. The minimum atomic E-state index is -3.60. The second-order valence-corrected chi connectivity index (χ2v) is 7.76. The summed E-state index contributed by atoms with van der Waals surface area (Å²) in [5.74, 6) is 0.379. The Morgan fingerprint density at radius 1 is 1.24 bits per heavy atom. The van der Waals surface area contributed by atoms with Crippen molar-refractivity contribution in [1.82, 2.24) is 4.83 Å². The van der Waals surface area contributed by atoms with Gasteiger partial charge >= 0.3 is 0 Å². The Morgan fingerprint density at radius 2 is 1.95 bits per heavy atom. The van der Waals surface area contributed by atoms with Crippen molar-refractivity contribution < 1.29 is 8.42 Å². The van der Waals surface area contributed by atoms with E-state index in [0.717, 1.165) is 29.0 Å². The maximum absolute atomic E-state index is 12.2. The van der Waals surface area contributed by atoms with Crippen molar-refractivity contribution >= 4 is 27.1 Å². The van der Waals surface area contributed by atoms with Gasteiger partial charge in [-0.2, -0.15) is 18.4 Å². The van der Waals surface area contributed by atoms with Gasteiger partial charge < -0.3 is 0 Å². The fraction of sp³-hybridized carbons (Fsp3) is 0.267. The van der Waals surface area contributed by atoms with E-state index in [2.05, 4.69) is 9.93 Å². The van der Waals surface area contributed by atoms with Crippen molar-refractivity contribution in [2.75, 3.05) is 0 Å². The first-order chi connectivity index (χ1) is 10.1. The average molecular weight is 320 g/mol. The molecule has 21 heavy (non-hydrogen) atoms. The first-order valence-electron chi connectivity index (χ1n) is 6.76. The largest absolute Gasteiger partial charge is 0.276 e. The molecule has 2 aromatic rings. The van der Waals surface area contributed by atoms with Gasteiger partial charge in [-0.15, -0.1) is 11.3 Å². The molecule has 1 aliphatic carbocycles. The van der Waals surface area contributed by atoms with Crippen LogP contribution in [0.25, 0.3) is 0 Å². The summed E-state index contributed by atoms with van der Waals surface area (Å²) >= 11 is 1.58. The Bertz CT molecular complexity index is 743. The van der Waals surface area contributed by atoms with E-state index in [9.17, 15) is 8.42 Å². The predicted octanol–water partition coefficient (Wildman–Crippen LogP) is 3.15. The molecule has 0 amide bonds. The van der Waals surface area contributed by atoms with Crippen LogP contribution in [0.3, 0.4) is 0 Å². The topological polar surface area (TPSA) is 58.5 Å². The summed E-state index contributed by atoms with van der Waals surface area (Å²) < 4.78 is 24.5. The lowest BCUT2D eigenvalue weighted by Gasteiger charge is -2.06. The van der Waals surface area contributed by atoms with E-state index in [1.807, 2.05) is 24.4 Å². The molecule has 0 radical (unpaired) electrons. The normalized spacial score (nSPS) is 16.0. The number of benzene rings is 1. The fourth-order valence-corrected chi connectivity index (χ4v) is 3.62. The third kappa shape index (κ3) is 3.33. The number of thiophene rings is 1. The first-order valence-corrected chi connectivity index (χ1v) is 9.12. The Kier molecular flexibility index (Phi) is 3.82. The molecule has 1 aliphatic rings. The van der Waals surface area contributed by atoms with Crippen molar-refractivity contribution in [2.45, 2.75) is 24.7 Å². The van der Waals surface area contributed by atoms with Crippen LogP contribution < -0.4 is 4.83 Å². The Balaban J connectivity index is 1.84. The molecule has 3 rings (SSSR count). The molecular formula is C15H16N2O2S2. The number of hydrogen-bond acceptors (Lipinski definition) is 4. The van der Waals surface area contributed by atoms with E-state index in [1.54, 1.807) is 35.6 Å². The molecular weight excluding hydrogens is 304 g/mol. The smallest absolute Gasteiger partial charge is 0.200 e. The number of aryl methyl sites for hydroxylation is 1.